The van der Waals surface area contributed by atoms with E-state index < -0.39 is 0 Å². The summed E-state index contributed by atoms with van der Waals surface area (Å²) in [6, 6.07) is 15.7. The molecule has 4 rings (SSSR count). The van der Waals surface area contributed by atoms with Gasteiger partial charge < -0.3 is 5.32 Å². The van der Waals surface area contributed by atoms with Crippen LogP contribution in [0.5, 0.6) is 0 Å². The summed E-state index contributed by atoms with van der Waals surface area (Å²) in [6.07, 6.45) is 2.23. The Morgan fingerprint density at radius 2 is 1.86 bits per heavy atom. The minimum atomic E-state index is -0.0949. The highest BCUT2D eigenvalue weighted by Gasteiger charge is 2.26. The second-order valence-corrected chi connectivity index (χ2v) is 8.93. The molecule has 6 heteroatoms. The van der Waals surface area contributed by atoms with E-state index >= 15 is 0 Å². The van der Waals surface area contributed by atoms with E-state index in [1.54, 1.807) is 0 Å². The summed E-state index contributed by atoms with van der Waals surface area (Å²) in [5.41, 5.74) is 2.08. The topological polar surface area (TPSA) is 58.4 Å². The Hall–Kier alpha value is -2.47. The highest BCUT2D eigenvalue weighted by atomic mass is 15.4. The van der Waals surface area contributed by atoms with Gasteiger partial charge in [0.1, 0.15) is 5.82 Å². The van der Waals surface area contributed by atoms with Crippen LogP contribution >= 0.6 is 0 Å². The van der Waals surface area contributed by atoms with Gasteiger partial charge in [-0.25, -0.2) is 0 Å². The molecule has 3 aromatic rings. The molecule has 1 aromatic carbocycles. The van der Waals surface area contributed by atoms with Crippen LogP contribution in [0.25, 0.3) is 5.65 Å². The summed E-state index contributed by atoms with van der Waals surface area (Å²) in [5, 5.41) is 17.0. The van der Waals surface area contributed by atoms with E-state index in [1.807, 2.05) is 16.6 Å². The summed E-state index contributed by atoms with van der Waals surface area (Å²) >= 11 is 0. The SMILES string of the molecule is CC1CC(Nc2ccc3nnc(C(C)(C)C)n3n2)CCN1Cc1ccccc1. The lowest BCUT2D eigenvalue weighted by atomic mass is 9.96. The number of likely N-dealkylation sites (tertiary alicyclic amines) is 1. The van der Waals surface area contributed by atoms with Gasteiger partial charge in [0, 0.05) is 30.6 Å². The van der Waals surface area contributed by atoms with Crippen LogP contribution in [0.2, 0.25) is 0 Å². The third kappa shape index (κ3) is 4.02. The number of nitrogens with one attached hydrogen (secondary N) is 1. The van der Waals surface area contributed by atoms with E-state index in [9.17, 15) is 0 Å². The molecule has 6 nitrogen and oxygen atoms in total. The van der Waals surface area contributed by atoms with Gasteiger partial charge in [-0.3, -0.25) is 4.90 Å². The van der Waals surface area contributed by atoms with Crippen LogP contribution in [-0.4, -0.2) is 43.3 Å². The van der Waals surface area contributed by atoms with Crippen LogP contribution in [-0.2, 0) is 12.0 Å². The number of piperidine rings is 1. The molecule has 0 radical (unpaired) electrons. The van der Waals surface area contributed by atoms with E-state index in [0.29, 0.717) is 12.1 Å². The summed E-state index contributed by atoms with van der Waals surface area (Å²) in [4.78, 5) is 2.57. The van der Waals surface area contributed by atoms with E-state index in [-0.39, 0.29) is 5.41 Å². The van der Waals surface area contributed by atoms with Crippen molar-refractivity contribution in [1.82, 2.24) is 24.7 Å². The number of aromatic nitrogens is 4. The van der Waals surface area contributed by atoms with Crippen LogP contribution in [0.3, 0.4) is 0 Å². The standard InChI is InChI=1S/C22H30N6/c1-16-14-18(12-13-27(16)15-17-8-6-5-7-9-17)23-19-10-11-20-24-25-21(22(2,3)4)28(20)26-19/h5-11,16,18H,12-15H2,1-4H3,(H,23,26). The molecule has 1 fully saturated rings. The zero-order valence-electron chi connectivity index (χ0n) is 17.3. The number of benzene rings is 1. The smallest absolute Gasteiger partial charge is 0.178 e. The second kappa shape index (κ2) is 7.51. The molecule has 0 amide bonds. The van der Waals surface area contributed by atoms with Crippen LogP contribution in [0.15, 0.2) is 42.5 Å². The largest absolute Gasteiger partial charge is 0.366 e. The Bertz CT molecular complexity index is 927. The Morgan fingerprint density at radius 1 is 1.07 bits per heavy atom. The van der Waals surface area contributed by atoms with Crippen LogP contribution in [0, 0.1) is 0 Å². The number of fused-ring (bicyclic) bond motifs is 1. The molecule has 1 aliphatic heterocycles. The van der Waals surface area contributed by atoms with Gasteiger partial charge in [0.05, 0.1) is 0 Å². The van der Waals surface area contributed by atoms with Gasteiger partial charge in [-0.15, -0.1) is 15.3 Å². The Kier molecular flexibility index (Phi) is 5.06. The molecule has 3 heterocycles. The lowest BCUT2D eigenvalue weighted by Crippen LogP contribution is -2.44. The summed E-state index contributed by atoms with van der Waals surface area (Å²) in [5.74, 6) is 1.78. The van der Waals surface area contributed by atoms with E-state index in [1.165, 1.54) is 5.56 Å². The minimum Gasteiger partial charge on any atom is -0.366 e. The maximum atomic E-state index is 4.77. The van der Waals surface area contributed by atoms with Crippen molar-refractivity contribution in [3.05, 3.63) is 53.9 Å². The first kappa shape index (κ1) is 18.9. The summed E-state index contributed by atoms with van der Waals surface area (Å²) in [7, 11) is 0. The molecular formula is C22H30N6. The maximum Gasteiger partial charge on any atom is 0.178 e. The average molecular weight is 379 g/mol. The van der Waals surface area contributed by atoms with Gasteiger partial charge in [0.25, 0.3) is 0 Å². The first-order valence-corrected chi connectivity index (χ1v) is 10.2. The van der Waals surface area contributed by atoms with E-state index in [2.05, 4.69) is 78.4 Å². The van der Waals surface area contributed by atoms with Gasteiger partial charge in [-0.05, 0) is 37.5 Å². The molecule has 2 atom stereocenters. The summed E-state index contributed by atoms with van der Waals surface area (Å²) in [6.45, 7) is 10.8. The minimum absolute atomic E-state index is 0.0949. The van der Waals surface area contributed by atoms with Crippen molar-refractivity contribution in [2.75, 3.05) is 11.9 Å². The molecule has 1 N–H and O–H groups in total. The second-order valence-electron chi connectivity index (χ2n) is 8.93. The fourth-order valence-corrected chi connectivity index (χ4v) is 3.95. The molecule has 148 valence electrons. The molecule has 0 spiro atoms. The van der Waals surface area contributed by atoms with Gasteiger partial charge in [0.2, 0.25) is 0 Å². The van der Waals surface area contributed by atoms with Crippen molar-refractivity contribution in [2.24, 2.45) is 0 Å². The Balaban J connectivity index is 1.43. The highest BCUT2D eigenvalue weighted by molar-refractivity contribution is 5.45. The monoisotopic (exact) mass is 378 g/mol. The van der Waals surface area contributed by atoms with Crippen molar-refractivity contribution >= 4 is 11.5 Å². The zero-order valence-corrected chi connectivity index (χ0v) is 17.3. The maximum absolute atomic E-state index is 4.77. The van der Waals surface area contributed by atoms with E-state index in [4.69, 9.17) is 5.10 Å². The molecule has 28 heavy (non-hydrogen) atoms. The molecule has 1 aliphatic rings. The molecule has 2 unspecified atom stereocenters. The number of hydrogen-bond acceptors (Lipinski definition) is 5. The molecule has 0 saturated carbocycles. The molecular weight excluding hydrogens is 348 g/mol. The Morgan fingerprint density at radius 3 is 2.57 bits per heavy atom. The van der Waals surface area contributed by atoms with Gasteiger partial charge in [-0.2, -0.15) is 4.52 Å². The molecule has 2 aromatic heterocycles. The molecule has 1 saturated heterocycles. The summed E-state index contributed by atoms with van der Waals surface area (Å²) < 4.78 is 1.87. The lowest BCUT2D eigenvalue weighted by molar-refractivity contribution is 0.144. The molecule has 0 bridgehead atoms. The first-order valence-electron chi connectivity index (χ1n) is 10.2. The lowest BCUT2D eigenvalue weighted by Gasteiger charge is -2.38. The predicted molar refractivity (Wildman–Crippen MR) is 112 cm³/mol. The number of rotatable bonds is 4. The van der Waals surface area contributed by atoms with Gasteiger partial charge >= 0.3 is 0 Å². The van der Waals surface area contributed by atoms with Crippen molar-refractivity contribution in [2.45, 2.75) is 64.6 Å². The van der Waals surface area contributed by atoms with Crippen molar-refractivity contribution in [3.63, 3.8) is 0 Å². The zero-order chi connectivity index (χ0) is 19.7. The average Bonchev–Trinajstić information content (AvgIpc) is 3.08. The highest BCUT2D eigenvalue weighted by Crippen LogP contribution is 2.24. The number of nitrogens with zero attached hydrogens (tertiary/aromatic N) is 5. The van der Waals surface area contributed by atoms with Crippen molar-refractivity contribution in [3.8, 4) is 0 Å². The van der Waals surface area contributed by atoms with Crippen LogP contribution < -0.4 is 5.32 Å². The van der Waals surface area contributed by atoms with Gasteiger partial charge in [-0.1, -0.05) is 51.1 Å². The number of anilines is 1. The molecule has 0 aliphatic carbocycles. The third-order valence-corrected chi connectivity index (χ3v) is 5.53. The van der Waals surface area contributed by atoms with Crippen LogP contribution in [0.1, 0.15) is 51.9 Å². The quantitative estimate of drug-likeness (QED) is 0.746. The first-order chi connectivity index (χ1) is 13.4. The fraction of sp³-hybridized carbons (Fsp3) is 0.500. The van der Waals surface area contributed by atoms with Crippen LogP contribution in [0.4, 0.5) is 5.82 Å². The van der Waals surface area contributed by atoms with Crippen molar-refractivity contribution < 1.29 is 0 Å². The third-order valence-electron chi connectivity index (χ3n) is 5.53. The van der Waals surface area contributed by atoms with Crippen molar-refractivity contribution in [1.29, 1.82) is 0 Å². The van der Waals surface area contributed by atoms with E-state index in [0.717, 1.165) is 43.2 Å². The Labute approximate surface area is 167 Å². The fourth-order valence-electron chi connectivity index (χ4n) is 3.95. The predicted octanol–water partition coefficient (Wildman–Crippen LogP) is 3.89. The normalized spacial score (nSPS) is 21.1. The number of hydrogen-bond donors (Lipinski definition) is 1. The van der Waals surface area contributed by atoms with Gasteiger partial charge in [0.15, 0.2) is 11.5 Å².